The summed E-state index contributed by atoms with van der Waals surface area (Å²) in [6.07, 6.45) is 0. The first-order chi connectivity index (χ1) is 8.24. The Hall–Kier alpha value is -0.0700. The Morgan fingerprint density at radius 3 is 2.17 bits per heavy atom. The Balaban J connectivity index is 2.71. The van der Waals surface area contributed by atoms with E-state index in [0.717, 1.165) is 20.2 Å². The van der Waals surface area contributed by atoms with Crippen molar-refractivity contribution in [3.63, 3.8) is 0 Å². The van der Waals surface area contributed by atoms with Gasteiger partial charge in [-0.1, -0.05) is 0 Å². The highest BCUT2D eigenvalue weighted by molar-refractivity contribution is 9.11. The summed E-state index contributed by atoms with van der Waals surface area (Å²) < 4.78 is 25.2. The van der Waals surface area contributed by atoms with E-state index in [1.54, 1.807) is 13.8 Å². The van der Waals surface area contributed by atoms with Crippen molar-refractivity contribution < 1.29 is 8.42 Å². The molecule has 0 radical (unpaired) electrons. The molecule has 1 N–H and O–H groups in total. The van der Waals surface area contributed by atoms with Gasteiger partial charge in [-0.3, -0.25) is 0 Å². The van der Waals surface area contributed by atoms with Crippen LogP contribution in [0.1, 0.15) is 19.4 Å². The second-order valence-electron chi connectivity index (χ2n) is 4.45. The molecule has 6 heteroatoms. The quantitative estimate of drug-likeness (QED) is 0.821. The molecule has 102 valence electrons. The summed E-state index contributed by atoms with van der Waals surface area (Å²) in [7, 11) is -3.00. The monoisotopic (exact) mass is 397 g/mol. The van der Waals surface area contributed by atoms with Gasteiger partial charge >= 0.3 is 0 Å². The van der Waals surface area contributed by atoms with Gasteiger partial charge in [-0.15, -0.1) is 0 Å². The van der Waals surface area contributed by atoms with E-state index in [4.69, 9.17) is 0 Å². The third-order valence-electron chi connectivity index (χ3n) is 2.59. The second-order valence-corrected chi connectivity index (χ2v) is 8.83. The predicted octanol–water partition coefficient (Wildman–Crippen LogP) is 3.76. The van der Waals surface area contributed by atoms with Gasteiger partial charge in [-0.05, 0) is 70.3 Å². The second kappa shape index (κ2) is 6.39. The molecule has 0 saturated heterocycles. The Labute approximate surface area is 126 Å². The average Bonchev–Trinajstić information content (AvgIpc) is 2.21. The summed E-state index contributed by atoms with van der Waals surface area (Å²) in [4.78, 5) is 0. The molecule has 18 heavy (non-hydrogen) atoms. The Bertz CT molecular complexity index is 504. The molecule has 0 fully saturated rings. The zero-order chi connectivity index (χ0) is 13.9. The van der Waals surface area contributed by atoms with Crippen LogP contribution in [0.3, 0.4) is 0 Å². The number of sulfone groups is 1. The first-order valence-corrected chi connectivity index (χ1v) is 8.95. The van der Waals surface area contributed by atoms with Crippen molar-refractivity contribution in [2.45, 2.75) is 26.0 Å². The first-order valence-electron chi connectivity index (χ1n) is 5.65. The molecule has 3 nitrogen and oxygen atoms in total. The van der Waals surface area contributed by atoms with Crippen molar-refractivity contribution in [1.82, 2.24) is 0 Å². The molecule has 0 aliphatic heterocycles. The molecule has 1 aromatic rings. The highest BCUT2D eigenvalue weighted by Crippen LogP contribution is 2.32. The summed E-state index contributed by atoms with van der Waals surface area (Å²) >= 11 is 6.93. The van der Waals surface area contributed by atoms with Crippen LogP contribution in [-0.4, -0.2) is 26.0 Å². The molecular weight excluding hydrogens is 382 g/mol. The molecule has 1 rings (SSSR count). The van der Waals surface area contributed by atoms with Crippen molar-refractivity contribution in [3.05, 3.63) is 26.6 Å². The van der Waals surface area contributed by atoms with Crippen molar-refractivity contribution in [3.8, 4) is 0 Å². The molecular formula is C12H17Br2NO2S. The number of anilines is 1. The zero-order valence-corrected chi connectivity index (χ0v) is 14.6. The molecule has 0 unspecified atom stereocenters. The summed E-state index contributed by atoms with van der Waals surface area (Å²) in [5.41, 5.74) is 2.02. The van der Waals surface area contributed by atoms with Gasteiger partial charge in [0.15, 0.2) is 9.84 Å². The van der Waals surface area contributed by atoms with Gasteiger partial charge in [-0.25, -0.2) is 8.42 Å². The number of halogens is 2. The lowest BCUT2D eigenvalue weighted by Crippen LogP contribution is -2.23. The van der Waals surface area contributed by atoms with E-state index in [1.165, 1.54) is 0 Å². The number of hydrogen-bond donors (Lipinski definition) is 1. The lowest BCUT2D eigenvalue weighted by atomic mass is 10.2. The van der Waals surface area contributed by atoms with Crippen LogP contribution < -0.4 is 5.32 Å². The van der Waals surface area contributed by atoms with Crippen molar-refractivity contribution in [1.29, 1.82) is 0 Å². The van der Waals surface area contributed by atoms with Crippen LogP contribution in [0.4, 0.5) is 5.69 Å². The number of aryl methyl sites for hydroxylation is 1. The van der Waals surface area contributed by atoms with E-state index in [0.29, 0.717) is 6.54 Å². The molecule has 0 aromatic heterocycles. The molecule has 0 aliphatic rings. The van der Waals surface area contributed by atoms with Crippen LogP contribution in [0.15, 0.2) is 21.1 Å². The largest absolute Gasteiger partial charge is 0.382 e. The maximum absolute atomic E-state index is 11.7. The lowest BCUT2D eigenvalue weighted by molar-refractivity contribution is 0.588. The van der Waals surface area contributed by atoms with Crippen LogP contribution in [-0.2, 0) is 9.84 Å². The Morgan fingerprint density at radius 2 is 1.72 bits per heavy atom. The average molecular weight is 399 g/mol. The maximum Gasteiger partial charge on any atom is 0.154 e. The Kier molecular flexibility index (Phi) is 5.67. The molecule has 0 saturated carbocycles. The molecule has 0 amide bonds. The minimum atomic E-state index is -3.00. The zero-order valence-electron chi connectivity index (χ0n) is 10.6. The molecule has 0 aliphatic carbocycles. The molecule has 1 aromatic carbocycles. The topological polar surface area (TPSA) is 46.2 Å². The van der Waals surface area contributed by atoms with Crippen molar-refractivity contribution in [2.24, 2.45) is 0 Å². The van der Waals surface area contributed by atoms with Gasteiger partial charge in [-0.2, -0.15) is 0 Å². The van der Waals surface area contributed by atoms with E-state index in [9.17, 15) is 8.42 Å². The van der Waals surface area contributed by atoms with Crippen LogP contribution in [0, 0.1) is 6.92 Å². The summed E-state index contributed by atoms with van der Waals surface area (Å²) in [5, 5.41) is 2.82. The van der Waals surface area contributed by atoms with E-state index in [-0.39, 0.29) is 11.0 Å². The van der Waals surface area contributed by atoms with Gasteiger partial charge in [0.1, 0.15) is 0 Å². The predicted molar refractivity (Wildman–Crippen MR) is 84.0 cm³/mol. The number of rotatable bonds is 5. The van der Waals surface area contributed by atoms with Crippen LogP contribution in [0.2, 0.25) is 0 Å². The fraction of sp³-hybridized carbons (Fsp3) is 0.500. The lowest BCUT2D eigenvalue weighted by Gasteiger charge is -2.13. The van der Waals surface area contributed by atoms with Crippen LogP contribution in [0.5, 0.6) is 0 Å². The first kappa shape index (κ1) is 16.0. The SMILES string of the molecule is Cc1cc(Br)c(NCCS(=O)(=O)C(C)C)c(Br)c1. The van der Waals surface area contributed by atoms with E-state index >= 15 is 0 Å². The van der Waals surface area contributed by atoms with E-state index in [2.05, 4.69) is 37.2 Å². The van der Waals surface area contributed by atoms with Crippen LogP contribution >= 0.6 is 31.9 Å². The highest BCUT2D eigenvalue weighted by atomic mass is 79.9. The van der Waals surface area contributed by atoms with Gasteiger partial charge in [0.05, 0.1) is 16.7 Å². The molecule has 0 atom stereocenters. The van der Waals surface area contributed by atoms with Crippen LogP contribution in [0.25, 0.3) is 0 Å². The number of hydrogen-bond acceptors (Lipinski definition) is 3. The van der Waals surface area contributed by atoms with Gasteiger partial charge in [0, 0.05) is 15.5 Å². The fourth-order valence-electron chi connectivity index (χ4n) is 1.42. The normalized spacial score (nSPS) is 11.9. The van der Waals surface area contributed by atoms with Crippen molar-refractivity contribution in [2.75, 3.05) is 17.6 Å². The number of nitrogens with one attached hydrogen (secondary N) is 1. The molecule has 0 bridgehead atoms. The third kappa shape index (κ3) is 4.24. The van der Waals surface area contributed by atoms with Gasteiger partial charge < -0.3 is 5.32 Å². The summed E-state index contributed by atoms with van der Waals surface area (Å²) in [5.74, 6) is 0.136. The smallest absolute Gasteiger partial charge is 0.154 e. The van der Waals surface area contributed by atoms with Crippen molar-refractivity contribution >= 4 is 47.4 Å². The van der Waals surface area contributed by atoms with E-state index < -0.39 is 9.84 Å². The molecule has 0 heterocycles. The Morgan fingerprint density at radius 1 is 1.22 bits per heavy atom. The molecule has 0 spiro atoms. The van der Waals surface area contributed by atoms with Gasteiger partial charge in [0.25, 0.3) is 0 Å². The van der Waals surface area contributed by atoms with E-state index in [1.807, 2.05) is 19.1 Å². The summed E-state index contributed by atoms with van der Waals surface area (Å²) in [6.45, 7) is 5.81. The number of benzene rings is 1. The minimum absolute atomic E-state index is 0.136. The van der Waals surface area contributed by atoms with Gasteiger partial charge in [0.2, 0.25) is 0 Å². The standard InChI is InChI=1S/C12H17Br2NO2S/c1-8(2)18(16,17)5-4-15-12-10(13)6-9(3)7-11(12)14/h6-8,15H,4-5H2,1-3H3. The minimum Gasteiger partial charge on any atom is -0.382 e. The fourth-order valence-corrected chi connectivity index (χ4v) is 3.98. The maximum atomic E-state index is 11.7. The third-order valence-corrected chi connectivity index (χ3v) is 6.05. The summed E-state index contributed by atoms with van der Waals surface area (Å²) in [6, 6.07) is 3.98. The highest BCUT2D eigenvalue weighted by Gasteiger charge is 2.15.